The Hall–Kier alpha value is -1.53. The van der Waals surface area contributed by atoms with E-state index < -0.39 is 5.97 Å². The Morgan fingerprint density at radius 3 is 2.74 bits per heavy atom. The maximum atomic E-state index is 10.9. The average molecular weight is 343 g/mol. The first-order valence-corrected chi connectivity index (χ1v) is 7.05. The van der Waals surface area contributed by atoms with Crippen LogP contribution in [0, 0.1) is 0 Å². The van der Waals surface area contributed by atoms with E-state index in [0.717, 1.165) is 9.35 Å². The fourth-order valence-corrected chi connectivity index (χ4v) is 2.87. The Bertz CT molecular complexity index is 594. The van der Waals surface area contributed by atoms with E-state index in [9.17, 15) is 4.79 Å². The minimum atomic E-state index is -0.995. The van der Waals surface area contributed by atoms with Crippen molar-refractivity contribution in [1.82, 2.24) is 0 Å². The molecule has 19 heavy (non-hydrogen) atoms. The van der Waals surface area contributed by atoms with Crippen molar-refractivity contribution in [2.24, 2.45) is 0 Å². The van der Waals surface area contributed by atoms with Crippen LogP contribution < -0.4 is 9.47 Å². The van der Waals surface area contributed by atoms with Crippen molar-refractivity contribution < 1.29 is 19.4 Å². The number of halogens is 1. The van der Waals surface area contributed by atoms with Gasteiger partial charge in [0.05, 0.1) is 17.6 Å². The Labute approximate surface area is 122 Å². The predicted octanol–water partition coefficient (Wildman–Crippen LogP) is 3.80. The number of thiophene rings is 1. The van der Waals surface area contributed by atoms with Gasteiger partial charge in [0.1, 0.15) is 6.61 Å². The van der Waals surface area contributed by atoms with Gasteiger partial charge in [0, 0.05) is 4.47 Å². The number of benzene rings is 1. The molecular weight excluding hydrogens is 332 g/mol. The van der Waals surface area contributed by atoms with Crippen LogP contribution in [0.2, 0.25) is 0 Å². The summed E-state index contributed by atoms with van der Waals surface area (Å²) in [6, 6.07) is 6.49. The summed E-state index contributed by atoms with van der Waals surface area (Å²) in [5, 5.41) is 10.9. The van der Waals surface area contributed by atoms with Crippen molar-refractivity contribution in [3.63, 3.8) is 0 Å². The smallest absolute Gasteiger partial charge is 0.335 e. The van der Waals surface area contributed by atoms with Crippen LogP contribution in [0.15, 0.2) is 34.1 Å². The second-order valence-electron chi connectivity index (χ2n) is 3.65. The Morgan fingerprint density at radius 2 is 2.16 bits per heavy atom. The number of aromatic carboxylic acids is 1. The number of methoxy groups -OCH3 is 1. The molecule has 0 aliphatic rings. The van der Waals surface area contributed by atoms with Gasteiger partial charge in [0.25, 0.3) is 0 Å². The van der Waals surface area contributed by atoms with Crippen LogP contribution in [0.25, 0.3) is 0 Å². The molecule has 0 aliphatic heterocycles. The fourth-order valence-electron chi connectivity index (χ4n) is 1.49. The van der Waals surface area contributed by atoms with Gasteiger partial charge in [0.2, 0.25) is 0 Å². The molecule has 0 saturated carbocycles. The molecule has 0 atom stereocenters. The Balaban J connectivity index is 2.16. The molecule has 1 N–H and O–H groups in total. The third-order valence-electron chi connectivity index (χ3n) is 2.46. The summed E-state index contributed by atoms with van der Waals surface area (Å²) < 4.78 is 11.8. The lowest BCUT2D eigenvalue weighted by atomic mass is 10.2. The van der Waals surface area contributed by atoms with Crippen molar-refractivity contribution in [3.05, 3.63) is 44.6 Å². The number of rotatable bonds is 5. The highest BCUT2D eigenvalue weighted by Crippen LogP contribution is 2.30. The highest BCUT2D eigenvalue weighted by molar-refractivity contribution is 9.10. The van der Waals surface area contributed by atoms with Crippen LogP contribution in [0.4, 0.5) is 0 Å². The van der Waals surface area contributed by atoms with Crippen LogP contribution in [-0.2, 0) is 6.61 Å². The molecule has 0 radical (unpaired) electrons. The quantitative estimate of drug-likeness (QED) is 0.897. The Morgan fingerprint density at radius 1 is 1.37 bits per heavy atom. The average Bonchev–Trinajstić information content (AvgIpc) is 2.81. The van der Waals surface area contributed by atoms with Gasteiger partial charge in [-0.3, -0.25) is 0 Å². The first kappa shape index (κ1) is 13.9. The number of ether oxygens (including phenoxy) is 2. The maximum absolute atomic E-state index is 10.9. The van der Waals surface area contributed by atoms with Crippen molar-refractivity contribution in [2.45, 2.75) is 6.61 Å². The molecule has 0 spiro atoms. The molecule has 0 aliphatic carbocycles. The second kappa shape index (κ2) is 6.08. The topological polar surface area (TPSA) is 55.8 Å². The predicted molar refractivity (Wildman–Crippen MR) is 76.3 cm³/mol. The van der Waals surface area contributed by atoms with E-state index in [1.54, 1.807) is 17.4 Å². The standard InChI is InChI=1S/C13H11BrO4S/c1-17-11-6-8(13(15)16)2-3-10(11)18-7-12-9(14)4-5-19-12/h2-6H,7H2,1H3,(H,15,16). The normalized spacial score (nSPS) is 10.2. The van der Waals surface area contributed by atoms with E-state index in [1.165, 1.54) is 19.2 Å². The van der Waals surface area contributed by atoms with Crippen LogP contribution in [0.1, 0.15) is 15.2 Å². The van der Waals surface area contributed by atoms with Crippen LogP contribution >= 0.6 is 27.3 Å². The monoisotopic (exact) mass is 342 g/mol. The zero-order valence-corrected chi connectivity index (χ0v) is 12.5. The van der Waals surface area contributed by atoms with E-state index >= 15 is 0 Å². The third-order valence-corrected chi connectivity index (χ3v) is 4.36. The summed E-state index contributed by atoms with van der Waals surface area (Å²) in [6.07, 6.45) is 0. The van der Waals surface area contributed by atoms with Gasteiger partial charge in [-0.05, 0) is 45.6 Å². The van der Waals surface area contributed by atoms with Crippen molar-refractivity contribution in [3.8, 4) is 11.5 Å². The molecule has 0 fully saturated rings. The lowest BCUT2D eigenvalue weighted by Crippen LogP contribution is -2.00. The summed E-state index contributed by atoms with van der Waals surface area (Å²) in [6.45, 7) is 0.404. The van der Waals surface area contributed by atoms with Gasteiger partial charge in [-0.1, -0.05) is 0 Å². The summed E-state index contributed by atoms with van der Waals surface area (Å²) >= 11 is 5.01. The molecule has 2 aromatic rings. The molecule has 2 rings (SSSR count). The number of carbonyl (C=O) groups is 1. The summed E-state index contributed by atoms with van der Waals surface area (Å²) in [7, 11) is 1.48. The molecule has 4 nitrogen and oxygen atoms in total. The molecule has 100 valence electrons. The first-order chi connectivity index (χ1) is 9.11. The van der Waals surface area contributed by atoms with Gasteiger partial charge in [-0.15, -0.1) is 11.3 Å². The highest BCUT2D eigenvalue weighted by Gasteiger charge is 2.11. The van der Waals surface area contributed by atoms with Gasteiger partial charge in [-0.25, -0.2) is 4.79 Å². The molecule has 1 aromatic heterocycles. The van der Waals surface area contributed by atoms with Crippen LogP contribution in [0.3, 0.4) is 0 Å². The molecule has 1 heterocycles. The second-order valence-corrected chi connectivity index (χ2v) is 5.51. The Kier molecular flexibility index (Phi) is 4.44. The summed E-state index contributed by atoms with van der Waals surface area (Å²) in [5.74, 6) is -0.0637. The number of hydrogen-bond acceptors (Lipinski definition) is 4. The molecular formula is C13H11BrO4S. The van der Waals surface area contributed by atoms with E-state index in [1.807, 2.05) is 11.4 Å². The molecule has 0 saturated heterocycles. The van der Waals surface area contributed by atoms with E-state index in [-0.39, 0.29) is 5.56 Å². The molecule has 0 unspecified atom stereocenters. The largest absolute Gasteiger partial charge is 0.493 e. The molecule has 0 amide bonds. The zero-order chi connectivity index (χ0) is 13.8. The first-order valence-electron chi connectivity index (χ1n) is 5.38. The van der Waals surface area contributed by atoms with E-state index in [2.05, 4.69) is 15.9 Å². The number of hydrogen-bond donors (Lipinski definition) is 1. The van der Waals surface area contributed by atoms with E-state index in [0.29, 0.717) is 18.1 Å². The molecule has 1 aromatic carbocycles. The van der Waals surface area contributed by atoms with Crippen LogP contribution in [-0.4, -0.2) is 18.2 Å². The maximum Gasteiger partial charge on any atom is 0.335 e. The molecule has 0 bridgehead atoms. The van der Waals surface area contributed by atoms with Gasteiger partial charge in [-0.2, -0.15) is 0 Å². The minimum Gasteiger partial charge on any atom is -0.493 e. The third kappa shape index (κ3) is 3.27. The summed E-state index contributed by atoms with van der Waals surface area (Å²) in [5.41, 5.74) is 0.168. The minimum absolute atomic E-state index is 0.168. The van der Waals surface area contributed by atoms with Crippen molar-refractivity contribution >= 4 is 33.2 Å². The summed E-state index contributed by atoms with van der Waals surface area (Å²) in [4.78, 5) is 11.9. The molecule has 6 heteroatoms. The van der Waals surface area contributed by atoms with Crippen molar-refractivity contribution in [2.75, 3.05) is 7.11 Å². The number of carboxylic acid groups (broad SMARTS) is 1. The lowest BCUT2D eigenvalue weighted by Gasteiger charge is -2.10. The fraction of sp³-hybridized carbons (Fsp3) is 0.154. The lowest BCUT2D eigenvalue weighted by molar-refractivity contribution is 0.0696. The van der Waals surface area contributed by atoms with Gasteiger partial charge < -0.3 is 14.6 Å². The van der Waals surface area contributed by atoms with Crippen molar-refractivity contribution in [1.29, 1.82) is 0 Å². The SMILES string of the molecule is COc1cc(C(=O)O)ccc1OCc1sccc1Br. The zero-order valence-electron chi connectivity index (χ0n) is 10.1. The van der Waals surface area contributed by atoms with E-state index in [4.69, 9.17) is 14.6 Å². The van der Waals surface area contributed by atoms with Gasteiger partial charge in [0.15, 0.2) is 11.5 Å². The number of carboxylic acids is 1. The highest BCUT2D eigenvalue weighted by atomic mass is 79.9. The van der Waals surface area contributed by atoms with Gasteiger partial charge >= 0.3 is 5.97 Å². The van der Waals surface area contributed by atoms with Crippen LogP contribution in [0.5, 0.6) is 11.5 Å².